The van der Waals surface area contributed by atoms with Crippen LogP contribution in [0.4, 0.5) is 0 Å². The van der Waals surface area contributed by atoms with E-state index >= 15 is 0 Å². The molecule has 0 N–H and O–H groups in total. The number of hydrogen-bond donors (Lipinski definition) is 0. The van der Waals surface area contributed by atoms with Crippen LogP contribution in [-0.2, 0) is 14.3 Å². The molecule has 4 nitrogen and oxygen atoms in total. The summed E-state index contributed by atoms with van der Waals surface area (Å²) in [7, 11) is 3.27. The van der Waals surface area contributed by atoms with E-state index in [4.69, 9.17) is 9.47 Å². The molecule has 4 heteroatoms. The quantitative estimate of drug-likeness (QED) is 0.703. The van der Waals surface area contributed by atoms with Gasteiger partial charge >= 0.3 is 5.97 Å². The van der Waals surface area contributed by atoms with Crippen molar-refractivity contribution in [3.8, 4) is 0 Å². The van der Waals surface area contributed by atoms with Crippen LogP contribution in [0.25, 0.3) is 0 Å². The third-order valence-corrected chi connectivity index (χ3v) is 4.17. The Kier molecular flexibility index (Phi) is 4.40. The smallest absolute Gasteiger partial charge is 0.323 e. The minimum Gasteiger partial charge on any atom is -0.468 e. The summed E-state index contributed by atoms with van der Waals surface area (Å²) in [4.78, 5) is 14.1. The number of esters is 1. The summed E-state index contributed by atoms with van der Waals surface area (Å²) in [6.07, 6.45) is 7.02. The van der Waals surface area contributed by atoms with Crippen LogP contribution in [-0.4, -0.2) is 49.8 Å². The maximum absolute atomic E-state index is 11.7. The van der Waals surface area contributed by atoms with Gasteiger partial charge in [-0.2, -0.15) is 0 Å². The molecule has 2 fully saturated rings. The summed E-state index contributed by atoms with van der Waals surface area (Å²) in [5.41, 5.74) is 0. The summed E-state index contributed by atoms with van der Waals surface area (Å²) in [5.74, 6) is -0.0676. The third kappa shape index (κ3) is 2.80. The summed E-state index contributed by atoms with van der Waals surface area (Å²) in [6, 6.07) is 0.487. The summed E-state index contributed by atoms with van der Waals surface area (Å²) >= 11 is 0. The first-order chi connectivity index (χ1) is 8.26. The van der Waals surface area contributed by atoms with Gasteiger partial charge in [0.15, 0.2) is 0 Å². The first kappa shape index (κ1) is 12.8. The molecule has 0 radical (unpaired) electrons. The predicted octanol–water partition coefficient (Wildman–Crippen LogP) is 1.58. The van der Waals surface area contributed by atoms with E-state index in [-0.39, 0.29) is 12.0 Å². The van der Waals surface area contributed by atoms with E-state index in [1.54, 1.807) is 7.11 Å². The zero-order chi connectivity index (χ0) is 12.3. The van der Waals surface area contributed by atoms with E-state index in [0.717, 1.165) is 32.2 Å². The van der Waals surface area contributed by atoms with Gasteiger partial charge in [-0.25, -0.2) is 0 Å². The first-order valence-electron chi connectivity index (χ1n) is 6.62. The molecule has 17 heavy (non-hydrogen) atoms. The average Bonchev–Trinajstić information content (AvgIpc) is 2.87. The molecule has 3 atom stereocenters. The number of likely N-dealkylation sites (tertiary alicyclic amines) is 1. The lowest BCUT2D eigenvalue weighted by molar-refractivity contribution is -0.147. The Morgan fingerprint density at radius 1 is 1.18 bits per heavy atom. The molecule has 3 unspecified atom stereocenters. The molecule has 2 rings (SSSR count). The fourth-order valence-electron chi connectivity index (χ4n) is 3.25. The molecular formula is C13H23NO3. The van der Waals surface area contributed by atoms with Crippen LogP contribution >= 0.6 is 0 Å². The molecule has 98 valence electrons. The second kappa shape index (κ2) is 5.83. The van der Waals surface area contributed by atoms with E-state index in [2.05, 4.69) is 4.90 Å². The molecule has 1 saturated carbocycles. The van der Waals surface area contributed by atoms with E-state index in [1.807, 2.05) is 0 Å². The van der Waals surface area contributed by atoms with Crippen molar-refractivity contribution in [1.82, 2.24) is 4.90 Å². The van der Waals surface area contributed by atoms with E-state index in [9.17, 15) is 4.79 Å². The monoisotopic (exact) mass is 241 g/mol. The predicted molar refractivity (Wildman–Crippen MR) is 64.8 cm³/mol. The Morgan fingerprint density at radius 3 is 2.71 bits per heavy atom. The first-order valence-corrected chi connectivity index (χ1v) is 6.62. The van der Waals surface area contributed by atoms with Crippen LogP contribution in [0.3, 0.4) is 0 Å². The van der Waals surface area contributed by atoms with Crippen molar-refractivity contribution in [2.75, 3.05) is 20.8 Å². The summed E-state index contributed by atoms with van der Waals surface area (Å²) in [5, 5.41) is 0. The summed E-state index contributed by atoms with van der Waals surface area (Å²) in [6.45, 7) is 1.03. The fourth-order valence-corrected chi connectivity index (χ4v) is 3.25. The minimum absolute atomic E-state index is 0.0133. The average molecular weight is 241 g/mol. The Hall–Kier alpha value is -0.610. The highest BCUT2D eigenvalue weighted by molar-refractivity contribution is 5.76. The highest BCUT2D eigenvalue weighted by atomic mass is 16.5. The highest BCUT2D eigenvalue weighted by Gasteiger charge is 2.37. The molecule has 0 spiro atoms. The van der Waals surface area contributed by atoms with Crippen molar-refractivity contribution in [3.63, 3.8) is 0 Å². The Bertz CT molecular complexity index is 269. The van der Waals surface area contributed by atoms with Crippen LogP contribution in [0.15, 0.2) is 0 Å². The lowest BCUT2D eigenvalue weighted by Crippen LogP contribution is -2.46. The molecule has 1 saturated heterocycles. The normalized spacial score (nSPS) is 34.8. The molecule has 0 aromatic heterocycles. The number of carbonyl (C=O) groups excluding carboxylic acids is 1. The minimum atomic E-state index is -0.0676. The largest absolute Gasteiger partial charge is 0.468 e. The zero-order valence-corrected chi connectivity index (χ0v) is 10.9. The topological polar surface area (TPSA) is 38.8 Å². The second-order valence-corrected chi connectivity index (χ2v) is 5.10. The van der Waals surface area contributed by atoms with Crippen molar-refractivity contribution >= 4 is 5.97 Å². The van der Waals surface area contributed by atoms with Gasteiger partial charge in [-0.15, -0.1) is 0 Å². The van der Waals surface area contributed by atoms with E-state index < -0.39 is 0 Å². The van der Waals surface area contributed by atoms with Crippen LogP contribution in [0.5, 0.6) is 0 Å². The number of hydrogen-bond acceptors (Lipinski definition) is 4. The molecule has 1 heterocycles. The van der Waals surface area contributed by atoms with Crippen LogP contribution in [0, 0.1) is 0 Å². The fraction of sp³-hybridized carbons (Fsp3) is 0.923. The third-order valence-electron chi connectivity index (χ3n) is 4.17. The van der Waals surface area contributed by atoms with Gasteiger partial charge in [-0.3, -0.25) is 9.69 Å². The van der Waals surface area contributed by atoms with Crippen LogP contribution < -0.4 is 0 Å². The molecule has 0 amide bonds. The Labute approximate surface area is 103 Å². The van der Waals surface area contributed by atoms with Gasteiger partial charge in [-0.05, 0) is 45.1 Å². The molecule has 0 aromatic rings. The maximum atomic E-state index is 11.7. The van der Waals surface area contributed by atoms with E-state index in [1.165, 1.54) is 20.0 Å². The van der Waals surface area contributed by atoms with Gasteiger partial charge in [0, 0.05) is 13.2 Å². The standard InChI is InChI=1S/C13H23NO3/c1-16-11-6-3-5-10(9-11)14-8-4-7-12(14)13(15)17-2/h10-12H,3-9H2,1-2H3. The lowest BCUT2D eigenvalue weighted by atomic mass is 9.91. The summed E-state index contributed by atoms with van der Waals surface area (Å²) < 4.78 is 10.4. The number of carbonyl (C=O) groups is 1. The molecule has 2 aliphatic rings. The van der Waals surface area contributed by atoms with Crippen LogP contribution in [0.2, 0.25) is 0 Å². The number of methoxy groups -OCH3 is 2. The molecule has 1 aliphatic heterocycles. The van der Waals surface area contributed by atoms with Gasteiger partial charge in [0.2, 0.25) is 0 Å². The SMILES string of the molecule is COC(=O)C1CCCN1C1CCCC(OC)C1. The van der Waals surface area contributed by atoms with Gasteiger partial charge < -0.3 is 9.47 Å². The van der Waals surface area contributed by atoms with Gasteiger partial charge in [0.05, 0.1) is 13.2 Å². The van der Waals surface area contributed by atoms with Crippen molar-refractivity contribution in [2.24, 2.45) is 0 Å². The van der Waals surface area contributed by atoms with Crippen LogP contribution in [0.1, 0.15) is 38.5 Å². The van der Waals surface area contributed by atoms with Crippen molar-refractivity contribution in [1.29, 1.82) is 0 Å². The lowest BCUT2D eigenvalue weighted by Gasteiger charge is -2.37. The van der Waals surface area contributed by atoms with Gasteiger partial charge in [0.1, 0.15) is 6.04 Å². The van der Waals surface area contributed by atoms with Crippen molar-refractivity contribution in [2.45, 2.75) is 56.7 Å². The molecular weight excluding hydrogens is 218 g/mol. The zero-order valence-electron chi connectivity index (χ0n) is 10.9. The number of ether oxygens (including phenoxy) is 2. The van der Waals surface area contributed by atoms with E-state index in [0.29, 0.717) is 12.1 Å². The maximum Gasteiger partial charge on any atom is 0.323 e. The molecule has 0 bridgehead atoms. The van der Waals surface area contributed by atoms with Gasteiger partial charge in [0.25, 0.3) is 0 Å². The Balaban J connectivity index is 1.97. The second-order valence-electron chi connectivity index (χ2n) is 5.10. The number of rotatable bonds is 3. The van der Waals surface area contributed by atoms with Gasteiger partial charge in [-0.1, -0.05) is 0 Å². The number of nitrogens with zero attached hydrogens (tertiary/aromatic N) is 1. The molecule has 1 aliphatic carbocycles. The van der Waals surface area contributed by atoms with Crippen molar-refractivity contribution in [3.05, 3.63) is 0 Å². The van der Waals surface area contributed by atoms with Crippen molar-refractivity contribution < 1.29 is 14.3 Å². The molecule has 0 aromatic carbocycles. The Morgan fingerprint density at radius 2 is 2.00 bits per heavy atom. The highest BCUT2D eigenvalue weighted by Crippen LogP contribution is 2.30.